The predicted octanol–water partition coefficient (Wildman–Crippen LogP) is 5.68. The number of hydrogen-bond acceptors (Lipinski definition) is 4. The minimum Gasteiger partial charge on any atom is -0.317 e. The Balaban J connectivity index is 1.84. The van der Waals surface area contributed by atoms with E-state index in [0.717, 1.165) is 19.3 Å². The molecule has 0 saturated carbocycles. The molecule has 1 N–H and O–H groups in total. The maximum absolute atomic E-state index is 12.0. The van der Waals surface area contributed by atoms with Gasteiger partial charge >= 0.3 is 0 Å². The molecule has 1 aromatic carbocycles. The van der Waals surface area contributed by atoms with Crippen molar-refractivity contribution in [3.8, 4) is 0 Å². The fourth-order valence-electron chi connectivity index (χ4n) is 3.02. The second kappa shape index (κ2) is 16.1. The molecule has 0 spiro atoms. The van der Waals surface area contributed by atoms with Crippen LogP contribution < -0.4 is 5.32 Å². The Morgan fingerprint density at radius 1 is 0.741 bits per heavy atom. The van der Waals surface area contributed by atoms with E-state index in [0.29, 0.717) is 0 Å². The molecule has 4 nitrogen and oxygen atoms in total. The van der Waals surface area contributed by atoms with Crippen LogP contribution in [0.3, 0.4) is 0 Å². The summed E-state index contributed by atoms with van der Waals surface area (Å²) in [7, 11) is -3.58. The van der Waals surface area contributed by atoms with Crippen LogP contribution in [0.1, 0.15) is 84.0 Å². The Kier molecular flexibility index (Phi) is 14.4. The lowest BCUT2D eigenvalue weighted by molar-refractivity contribution is 0.306. The maximum Gasteiger partial charge on any atom is 0.296 e. The zero-order valence-electron chi connectivity index (χ0n) is 17.1. The van der Waals surface area contributed by atoms with Gasteiger partial charge in [0.05, 0.1) is 11.5 Å². The van der Waals surface area contributed by atoms with E-state index >= 15 is 0 Å². The van der Waals surface area contributed by atoms with Crippen molar-refractivity contribution in [3.05, 3.63) is 30.3 Å². The van der Waals surface area contributed by atoms with Gasteiger partial charge in [0, 0.05) is 0 Å². The lowest BCUT2D eigenvalue weighted by atomic mass is 10.1. The van der Waals surface area contributed by atoms with Crippen LogP contribution in [0.2, 0.25) is 0 Å². The number of unbranched alkanes of at least 4 members (excludes halogenated alkanes) is 10. The zero-order chi connectivity index (χ0) is 19.6. The third kappa shape index (κ3) is 13.0. The van der Waals surface area contributed by atoms with Crippen molar-refractivity contribution < 1.29 is 12.6 Å². The van der Waals surface area contributed by atoms with Crippen LogP contribution in [-0.4, -0.2) is 28.1 Å². The first kappa shape index (κ1) is 24.1. The van der Waals surface area contributed by atoms with Crippen LogP contribution in [-0.2, 0) is 14.3 Å². The minimum atomic E-state index is -3.58. The summed E-state index contributed by atoms with van der Waals surface area (Å²) in [5.74, 6) is 0. The average Bonchev–Trinajstić information content (AvgIpc) is 2.68. The van der Waals surface area contributed by atoms with Crippen LogP contribution in [0.5, 0.6) is 0 Å². The van der Waals surface area contributed by atoms with Crippen molar-refractivity contribution in [1.82, 2.24) is 5.32 Å². The van der Waals surface area contributed by atoms with E-state index in [2.05, 4.69) is 12.2 Å². The highest BCUT2D eigenvalue weighted by molar-refractivity contribution is 7.86. The molecule has 0 unspecified atom stereocenters. The van der Waals surface area contributed by atoms with Crippen molar-refractivity contribution >= 4 is 10.1 Å². The quantitative estimate of drug-likeness (QED) is 0.256. The monoisotopic (exact) mass is 397 g/mol. The second-order valence-electron chi connectivity index (χ2n) is 7.23. The van der Waals surface area contributed by atoms with Crippen LogP contribution in [0.15, 0.2) is 35.2 Å². The summed E-state index contributed by atoms with van der Waals surface area (Å²) >= 11 is 0. The fraction of sp³-hybridized carbons (Fsp3) is 0.727. The molecule has 0 aliphatic carbocycles. The summed E-state index contributed by atoms with van der Waals surface area (Å²) in [6, 6.07) is 8.35. The molecule has 0 radical (unpaired) electrons. The van der Waals surface area contributed by atoms with Crippen molar-refractivity contribution in [2.24, 2.45) is 0 Å². The largest absolute Gasteiger partial charge is 0.317 e. The van der Waals surface area contributed by atoms with Gasteiger partial charge in [-0.2, -0.15) is 8.42 Å². The molecule has 0 saturated heterocycles. The Morgan fingerprint density at radius 3 is 1.85 bits per heavy atom. The first-order valence-electron chi connectivity index (χ1n) is 10.8. The van der Waals surface area contributed by atoms with E-state index in [1.165, 1.54) is 70.9 Å². The molecule has 0 heterocycles. The highest BCUT2D eigenvalue weighted by atomic mass is 32.2. The van der Waals surface area contributed by atoms with Gasteiger partial charge in [-0.3, -0.25) is 4.18 Å². The van der Waals surface area contributed by atoms with E-state index in [1.807, 2.05) is 0 Å². The van der Waals surface area contributed by atoms with Gasteiger partial charge in [0.2, 0.25) is 0 Å². The number of benzene rings is 1. The van der Waals surface area contributed by atoms with Gasteiger partial charge in [-0.05, 0) is 44.5 Å². The Bertz CT molecular complexity index is 546. The summed E-state index contributed by atoms with van der Waals surface area (Å²) in [5, 5.41) is 3.49. The Labute approximate surface area is 167 Å². The van der Waals surface area contributed by atoms with Crippen LogP contribution in [0, 0.1) is 0 Å². The van der Waals surface area contributed by atoms with Crippen molar-refractivity contribution in [2.75, 3.05) is 19.7 Å². The van der Waals surface area contributed by atoms with E-state index in [9.17, 15) is 8.42 Å². The van der Waals surface area contributed by atoms with E-state index in [4.69, 9.17) is 4.18 Å². The third-order valence-corrected chi connectivity index (χ3v) is 6.05. The van der Waals surface area contributed by atoms with Crippen LogP contribution in [0.4, 0.5) is 0 Å². The summed E-state index contributed by atoms with van der Waals surface area (Å²) in [5.41, 5.74) is 0. The molecule has 0 aromatic heterocycles. The SMILES string of the molecule is CCCCNCCCCCCCCCCCCOS(=O)(=O)c1ccccc1. The third-order valence-electron chi connectivity index (χ3n) is 4.73. The van der Waals surface area contributed by atoms with Gasteiger partial charge in [0.1, 0.15) is 0 Å². The molecular formula is C22H39NO3S. The summed E-state index contributed by atoms with van der Waals surface area (Å²) in [4.78, 5) is 0.238. The molecule has 1 rings (SSSR count). The van der Waals surface area contributed by atoms with E-state index in [1.54, 1.807) is 30.3 Å². The van der Waals surface area contributed by atoms with Gasteiger partial charge in [-0.1, -0.05) is 82.9 Å². The topological polar surface area (TPSA) is 55.4 Å². The van der Waals surface area contributed by atoms with Gasteiger partial charge < -0.3 is 5.32 Å². The highest BCUT2D eigenvalue weighted by Crippen LogP contribution is 2.13. The van der Waals surface area contributed by atoms with Gasteiger partial charge in [-0.15, -0.1) is 0 Å². The lowest BCUT2D eigenvalue weighted by Gasteiger charge is -2.06. The second-order valence-corrected chi connectivity index (χ2v) is 8.84. The molecule has 0 bridgehead atoms. The molecular weight excluding hydrogens is 358 g/mol. The van der Waals surface area contributed by atoms with Crippen molar-refractivity contribution in [1.29, 1.82) is 0 Å². The molecule has 5 heteroatoms. The number of nitrogens with one attached hydrogen (secondary N) is 1. The first-order chi connectivity index (χ1) is 13.2. The van der Waals surface area contributed by atoms with Gasteiger partial charge in [0.25, 0.3) is 10.1 Å². The molecule has 156 valence electrons. The summed E-state index contributed by atoms with van der Waals surface area (Å²) < 4.78 is 29.0. The minimum absolute atomic E-state index is 0.238. The van der Waals surface area contributed by atoms with Crippen molar-refractivity contribution in [3.63, 3.8) is 0 Å². The lowest BCUT2D eigenvalue weighted by Crippen LogP contribution is -2.16. The standard InChI is InChI=1S/C22H39NO3S/c1-2-3-19-23-20-15-10-8-6-4-5-7-9-11-16-21-26-27(24,25)22-17-13-12-14-18-22/h12-14,17-18,23H,2-11,15-16,19-21H2,1H3. The molecule has 27 heavy (non-hydrogen) atoms. The molecule has 1 aromatic rings. The number of rotatable bonds is 18. The molecule has 0 fully saturated rings. The van der Waals surface area contributed by atoms with Gasteiger partial charge in [-0.25, -0.2) is 0 Å². The molecule has 0 amide bonds. The highest BCUT2D eigenvalue weighted by Gasteiger charge is 2.13. The molecule has 0 aliphatic rings. The smallest absolute Gasteiger partial charge is 0.296 e. The summed E-state index contributed by atoms with van der Waals surface area (Å²) in [6.07, 6.45) is 14.7. The molecule has 0 aliphatic heterocycles. The maximum atomic E-state index is 12.0. The van der Waals surface area contributed by atoms with Crippen LogP contribution >= 0.6 is 0 Å². The van der Waals surface area contributed by atoms with E-state index < -0.39 is 10.1 Å². The summed E-state index contributed by atoms with van der Waals surface area (Å²) in [6.45, 7) is 4.84. The molecule has 0 atom stereocenters. The van der Waals surface area contributed by atoms with E-state index in [-0.39, 0.29) is 11.5 Å². The first-order valence-corrected chi connectivity index (χ1v) is 12.2. The predicted molar refractivity (Wildman–Crippen MR) is 114 cm³/mol. The zero-order valence-corrected chi connectivity index (χ0v) is 17.9. The van der Waals surface area contributed by atoms with Gasteiger partial charge in [0.15, 0.2) is 0 Å². The Hall–Kier alpha value is -0.910. The Morgan fingerprint density at radius 2 is 1.26 bits per heavy atom. The normalized spacial score (nSPS) is 11.7. The number of hydrogen-bond donors (Lipinski definition) is 1. The fourth-order valence-corrected chi connectivity index (χ4v) is 3.98. The van der Waals surface area contributed by atoms with Crippen molar-refractivity contribution in [2.45, 2.75) is 88.9 Å². The van der Waals surface area contributed by atoms with Crippen LogP contribution in [0.25, 0.3) is 0 Å². The average molecular weight is 398 g/mol.